The van der Waals surface area contributed by atoms with Crippen molar-refractivity contribution in [1.82, 2.24) is 14.7 Å². The molecule has 0 N–H and O–H groups in total. The molecule has 0 aromatic rings. The summed E-state index contributed by atoms with van der Waals surface area (Å²) in [5.74, 6) is 1.79. The first kappa shape index (κ1) is 17.8. The molecule has 4 aliphatic rings. The number of likely N-dealkylation sites (N-methyl/N-ethyl adjacent to an activating group) is 1. The summed E-state index contributed by atoms with van der Waals surface area (Å²) in [6, 6.07) is 0. The second-order valence-electron chi connectivity index (χ2n) is 9.41. The van der Waals surface area contributed by atoms with Crippen molar-refractivity contribution in [3.8, 4) is 0 Å². The Hall–Kier alpha value is -0.610. The van der Waals surface area contributed by atoms with Gasteiger partial charge in [0, 0.05) is 32.1 Å². The molecule has 0 bridgehead atoms. The van der Waals surface area contributed by atoms with E-state index in [1.54, 1.807) is 0 Å². The van der Waals surface area contributed by atoms with Crippen molar-refractivity contribution in [1.29, 1.82) is 0 Å². The number of hydrogen-bond acceptors (Lipinski definition) is 3. The Balaban J connectivity index is 1.24. The minimum absolute atomic E-state index is 0.354. The van der Waals surface area contributed by atoms with Gasteiger partial charge in [0.25, 0.3) is 0 Å². The summed E-state index contributed by atoms with van der Waals surface area (Å²) in [5.41, 5.74) is 0.387. The Morgan fingerprint density at radius 2 is 1.68 bits per heavy atom. The number of rotatable bonds is 3. The lowest BCUT2D eigenvalue weighted by Crippen LogP contribution is -2.41. The van der Waals surface area contributed by atoms with Crippen molar-refractivity contribution in [2.24, 2.45) is 17.3 Å². The summed E-state index contributed by atoms with van der Waals surface area (Å²) in [5, 5.41) is 0. The molecule has 2 heterocycles. The topological polar surface area (TPSA) is 26.8 Å². The van der Waals surface area contributed by atoms with E-state index in [1.165, 1.54) is 71.0 Å². The van der Waals surface area contributed by atoms with Crippen LogP contribution in [0.1, 0.15) is 57.8 Å². The maximum atomic E-state index is 13.0. The molecule has 0 radical (unpaired) electrons. The molecule has 0 aromatic carbocycles. The number of carbonyl (C=O) groups is 1. The van der Waals surface area contributed by atoms with E-state index in [0.717, 1.165) is 38.5 Å². The van der Waals surface area contributed by atoms with Crippen molar-refractivity contribution in [2.75, 3.05) is 52.9 Å². The van der Waals surface area contributed by atoms with Crippen LogP contribution in [0.2, 0.25) is 0 Å². The lowest BCUT2D eigenvalue weighted by molar-refractivity contribution is -0.133. The smallest absolute Gasteiger partial charge is 0.226 e. The Morgan fingerprint density at radius 3 is 2.44 bits per heavy atom. The van der Waals surface area contributed by atoms with Crippen molar-refractivity contribution in [3.63, 3.8) is 0 Å². The van der Waals surface area contributed by atoms with Crippen LogP contribution in [0.25, 0.3) is 0 Å². The molecule has 2 saturated heterocycles. The van der Waals surface area contributed by atoms with Crippen LogP contribution in [0.3, 0.4) is 0 Å². The van der Waals surface area contributed by atoms with Crippen molar-refractivity contribution in [2.45, 2.75) is 57.8 Å². The molecule has 4 nitrogen and oxygen atoms in total. The van der Waals surface area contributed by atoms with E-state index in [1.807, 2.05) is 0 Å². The molecule has 1 spiro atoms. The average molecular weight is 348 g/mol. The highest BCUT2D eigenvalue weighted by Gasteiger charge is 2.59. The summed E-state index contributed by atoms with van der Waals surface area (Å²) < 4.78 is 0. The molecule has 4 fully saturated rings. The summed E-state index contributed by atoms with van der Waals surface area (Å²) in [7, 11) is 2.18. The molecule has 2 aliphatic heterocycles. The minimum Gasteiger partial charge on any atom is -0.341 e. The first-order chi connectivity index (χ1) is 12.2. The maximum absolute atomic E-state index is 13.0. The normalized spacial score (nSPS) is 31.9. The van der Waals surface area contributed by atoms with Gasteiger partial charge in [0.15, 0.2) is 0 Å². The number of hydrogen-bond donors (Lipinski definition) is 0. The van der Waals surface area contributed by atoms with E-state index in [9.17, 15) is 4.79 Å². The second-order valence-corrected chi connectivity index (χ2v) is 9.41. The summed E-state index contributed by atoms with van der Waals surface area (Å²) in [6.45, 7) is 7.90. The molecule has 4 rings (SSSR count). The molecule has 1 unspecified atom stereocenters. The highest BCUT2D eigenvalue weighted by atomic mass is 16.2. The van der Waals surface area contributed by atoms with Crippen LogP contribution in [0.4, 0.5) is 0 Å². The van der Waals surface area contributed by atoms with E-state index in [4.69, 9.17) is 0 Å². The molecule has 4 heteroatoms. The summed E-state index contributed by atoms with van der Waals surface area (Å²) >= 11 is 0. The number of carbonyl (C=O) groups excluding carboxylic acids is 1. The fraction of sp³-hybridized carbons (Fsp3) is 0.952. The highest BCUT2D eigenvalue weighted by molar-refractivity contribution is 5.82. The standard InChI is InChI=1S/C21H37N3O/c1-22-10-5-11-24(15-14-22)20(25)19-16-21(19)8-12-23(13-9-21)17-18-6-3-2-4-7-18/h18-19H,2-17H2,1H3. The molecule has 142 valence electrons. The SMILES string of the molecule is CN1CCCN(C(=O)C2CC23CCN(CC2CCCCC2)CC3)CC1. The largest absolute Gasteiger partial charge is 0.341 e. The van der Waals surface area contributed by atoms with E-state index >= 15 is 0 Å². The fourth-order valence-electron chi connectivity index (χ4n) is 5.65. The Labute approximate surface area is 153 Å². The van der Waals surface area contributed by atoms with Gasteiger partial charge < -0.3 is 14.7 Å². The quantitative estimate of drug-likeness (QED) is 0.785. The van der Waals surface area contributed by atoms with Crippen LogP contribution < -0.4 is 0 Å². The second kappa shape index (κ2) is 7.56. The minimum atomic E-state index is 0.354. The predicted molar refractivity (Wildman–Crippen MR) is 101 cm³/mol. The van der Waals surface area contributed by atoms with E-state index in [2.05, 4.69) is 21.7 Å². The maximum Gasteiger partial charge on any atom is 0.226 e. The van der Waals surface area contributed by atoms with Crippen LogP contribution in [-0.4, -0.2) is 73.5 Å². The molecular formula is C21H37N3O. The Bertz CT molecular complexity index is 466. The predicted octanol–water partition coefficient (Wildman–Crippen LogP) is 2.83. The van der Waals surface area contributed by atoms with Crippen LogP contribution in [0.15, 0.2) is 0 Å². The van der Waals surface area contributed by atoms with Crippen molar-refractivity contribution in [3.05, 3.63) is 0 Å². The Morgan fingerprint density at radius 1 is 0.920 bits per heavy atom. The van der Waals surface area contributed by atoms with Crippen molar-refractivity contribution < 1.29 is 4.79 Å². The summed E-state index contributed by atoms with van der Waals surface area (Å²) in [4.78, 5) is 20.2. The zero-order chi connectivity index (χ0) is 17.3. The van der Waals surface area contributed by atoms with Crippen LogP contribution in [0.5, 0.6) is 0 Å². The van der Waals surface area contributed by atoms with Gasteiger partial charge in [0.1, 0.15) is 0 Å². The van der Waals surface area contributed by atoms with E-state index < -0.39 is 0 Å². The molecule has 1 amide bonds. The Kier molecular flexibility index (Phi) is 5.38. The molecule has 0 aromatic heterocycles. The number of amides is 1. The van der Waals surface area contributed by atoms with E-state index in [-0.39, 0.29) is 0 Å². The van der Waals surface area contributed by atoms with Gasteiger partial charge in [-0.3, -0.25) is 4.79 Å². The van der Waals surface area contributed by atoms with Gasteiger partial charge in [-0.15, -0.1) is 0 Å². The van der Waals surface area contributed by atoms with Crippen molar-refractivity contribution >= 4 is 5.91 Å². The highest BCUT2D eigenvalue weighted by Crippen LogP contribution is 2.60. The van der Waals surface area contributed by atoms with Gasteiger partial charge in [0.2, 0.25) is 5.91 Å². The molecule has 2 saturated carbocycles. The zero-order valence-electron chi connectivity index (χ0n) is 16.2. The van der Waals surface area contributed by atoms with Gasteiger partial charge in [-0.1, -0.05) is 19.3 Å². The lowest BCUT2D eigenvalue weighted by Gasteiger charge is -2.36. The first-order valence-electron chi connectivity index (χ1n) is 10.9. The molecule has 25 heavy (non-hydrogen) atoms. The van der Waals surface area contributed by atoms with Gasteiger partial charge in [-0.2, -0.15) is 0 Å². The number of likely N-dealkylation sites (tertiary alicyclic amines) is 1. The molecule has 2 aliphatic carbocycles. The van der Waals surface area contributed by atoms with Gasteiger partial charge in [-0.25, -0.2) is 0 Å². The van der Waals surface area contributed by atoms with Gasteiger partial charge in [0.05, 0.1) is 0 Å². The van der Waals surface area contributed by atoms with Crippen LogP contribution in [0, 0.1) is 17.3 Å². The molecule has 1 atom stereocenters. The monoisotopic (exact) mass is 347 g/mol. The lowest BCUT2D eigenvalue weighted by atomic mass is 9.86. The first-order valence-corrected chi connectivity index (χ1v) is 10.9. The van der Waals surface area contributed by atoms with Crippen LogP contribution in [-0.2, 0) is 4.79 Å². The third-order valence-electron chi connectivity index (χ3n) is 7.61. The average Bonchev–Trinajstić information content (AvgIpc) is 3.38. The summed E-state index contributed by atoms with van der Waals surface area (Å²) in [6.07, 6.45) is 12.1. The zero-order valence-corrected chi connectivity index (χ0v) is 16.2. The third kappa shape index (κ3) is 4.05. The van der Waals surface area contributed by atoms with Gasteiger partial charge in [-0.05, 0) is 76.5 Å². The fourth-order valence-corrected chi connectivity index (χ4v) is 5.65. The third-order valence-corrected chi connectivity index (χ3v) is 7.61. The number of piperidine rings is 1. The van der Waals surface area contributed by atoms with Crippen LogP contribution >= 0.6 is 0 Å². The van der Waals surface area contributed by atoms with E-state index in [0.29, 0.717) is 17.2 Å². The van der Waals surface area contributed by atoms with Gasteiger partial charge >= 0.3 is 0 Å². The molecular weight excluding hydrogens is 310 g/mol. The number of nitrogens with zero attached hydrogens (tertiary/aromatic N) is 3.